The molecule has 6 heteroatoms. The van der Waals surface area contributed by atoms with Gasteiger partial charge in [-0.3, -0.25) is 9.59 Å². The third-order valence-electron chi connectivity index (χ3n) is 4.98. The van der Waals surface area contributed by atoms with Crippen molar-refractivity contribution in [2.24, 2.45) is 0 Å². The number of carbonyl (C=O) groups excluding carboxylic acids is 2. The number of rotatable bonds is 5. The van der Waals surface area contributed by atoms with Crippen LogP contribution in [0.5, 0.6) is 0 Å². The molecule has 2 aromatic rings. The normalized spacial score (nSPS) is 19.6. The van der Waals surface area contributed by atoms with Crippen LogP contribution in [0, 0.1) is 0 Å². The molecule has 0 radical (unpaired) electrons. The van der Waals surface area contributed by atoms with Crippen molar-refractivity contribution in [2.45, 2.75) is 36.4 Å². The summed E-state index contributed by atoms with van der Waals surface area (Å²) in [6.45, 7) is 0.609. The zero-order valence-electron chi connectivity index (χ0n) is 14.4. The maximum Gasteiger partial charge on any atom is 0.230 e. The molecule has 1 fully saturated rings. The summed E-state index contributed by atoms with van der Waals surface area (Å²) < 4.78 is 0. The van der Waals surface area contributed by atoms with Crippen molar-refractivity contribution in [3.8, 4) is 0 Å². The van der Waals surface area contributed by atoms with Gasteiger partial charge in [-0.1, -0.05) is 42.1 Å². The van der Waals surface area contributed by atoms with Gasteiger partial charge < -0.3 is 10.2 Å². The minimum Gasteiger partial charge on any atom is -0.350 e. The van der Waals surface area contributed by atoms with E-state index < -0.39 is 0 Å². The van der Waals surface area contributed by atoms with Crippen molar-refractivity contribution in [3.05, 3.63) is 59.8 Å². The first-order valence-corrected chi connectivity index (χ1v) is 9.87. The molecule has 4 rings (SSSR count). The Hall–Kier alpha value is -2.34. The fourth-order valence-corrected chi connectivity index (χ4v) is 4.45. The molecule has 0 bridgehead atoms. The fourth-order valence-electron chi connectivity index (χ4n) is 3.78. The Morgan fingerprint density at radius 1 is 1.12 bits per heavy atom. The van der Waals surface area contributed by atoms with Gasteiger partial charge in [0.25, 0.3) is 0 Å². The van der Waals surface area contributed by atoms with E-state index in [1.54, 1.807) is 6.20 Å². The first kappa shape index (κ1) is 17.1. The highest BCUT2D eigenvalue weighted by molar-refractivity contribution is 7.99. The van der Waals surface area contributed by atoms with Crippen LogP contribution in [0.1, 0.15) is 17.5 Å². The number of nitrogens with one attached hydrogen (secondary N) is 1. The molecule has 1 aromatic heterocycles. The number of aromatic nitrogens is 1. The second-order valence-corrected chi connectivity index (χ2v) is 7.80. The number of thioether (sulfide) groups is 1. The summed E-state index contributed by atoms with van der Waals surface area (Å²) in [4.78, 5) is 30.8. The summed E-state index contributed by atoms with van der Waals surface area (Å²) in [6.07, 6.45) is 3.94. The van der Waals surface area contributed by atoms with Crippen molar-refractivity contribution in [2.75, 3.05) is 12.3 Å². The summed E-state index contributed by atoms with van der Waals surface area (Å²) in [5.74, 6) is 0.414. The molecule has 134 valence electrons. The maximum absolute atomic E-state index is 12.4. The molecule has 1 aliphatic heterocycles. The number of likely N-dealkylation sites (tertiary alicyclic amines) is 1. The van der Waals surface area contributed by atoms with Crippen molar-refractivity contribution in [1.29, 1.82) is 0 Å². The molecule has 1 aromatic carbocycles. The molecule has 5 nitrogen and oxygen atoms in total. The third kappa shape index (κ3) is 3.75. The summed E-state index contributed by atoms with van der Waals surface area (Å²) in [7, 11) is 0. The standard InChI is InChI=1S/C20H21N3O2S/c24-18(13-26-19-7-3-4-8-21-19)22-16-11-20(25)23(12-16)17-9-14-5-1-2-6-15(14)10-17/h1-8,16-17H,9-13H2,(H,22,24)/t16-/m1/s1. The van der Waals surface area contributed by atoms with E-state index in [9.17, 15) is 9.59 Å². The summed E-state index contributed by atoms with van der Waals surface area (Å²) in [5, 5.41) is 3.83. The van der Waals surface area contributed by atoms with Crippen molar-refractivity contribution >= 4 is 23.6 Å². The topological polar surface area (TPSA) is 62.3 Å². The van der Waals surface area contributed by atoms with E-state index in [0.717, 1.165) is 17.9 Å². The van der Waals surface area contributed by atoms with Crippen LogP contribution < -0.4 is 5.32 Å². The smallest absolute Gasteiger partial charge is 0.230 e. The highest BCUT2D eigenvalue weighted by Gasteiger charge is 2.37. The van der Waals surface area contributed by atoms with Crippen LogP contribution in [0.3, 0.4) is 0 Å². The van der Waals surface area contributed by atoms with Gasteiger partial charge in [0.15, 0.2) is 0 Å². The van der Waals surface area contributed by atoms with E-state index in [2.05, 4.69) is 34.6 Å². The van der Waals surface area contributed by atoms with Crippen molar-refractivity contribution in [1.82, 2.24) is 15.2 Å². The van der Waals surface area contributed by atoms with Gasteiger partial charge in [-0.2, -0.15) is 0 Å². The lowest BCUT2D eigenvalue weighted by atomic mass is 10.1. The number of hydrogen-bond donors (Lipinski definition) is 1. The first-order chi connectivity index (χ1) is 12.7. The van der Waals surface area contributed by atoms with Crippen molar-refractivity contribution in [3.63, 3.8) is 0 Å². The van der Waals surface area contributed by atoms with Gasteiger partial charge in [-0.25, -0.2) is 4.98 Å². The van der Waals surface area contributed by atoms with E-state index in [1.807, 2.05) is 23.1 Å². The van der Waals surface area contributed by atoms with Gasteiger partial charge in [-0.15, -0.1) is 0 Å². The monoisotopic (exact) mass is 367 g/mol. The number of nitrogens with zero attached hydrogens (tertiary/aromatic N) is 2. The number of carbonyl (C=O) groups is 2. The van der Waals surface area contributed by atoms with Gasteiger partial charge in [0.05, 0.1) is 16.8 Å². The second kappa shape index (κ2) is 7.50. The average molecular weight is 367 g/mol. The minimum absolute atomic E-state index is 0.0463. The Morgan fingerprint density at radius 3 is 2.54 bits per heavy atom. The molecule has 1 N–H and O–H groups in total. The molecule has 26 heavy (non-hydrogen) atoms. The number of fused-ring (bicyclic) bond motifs is 1. The molecule has 0 unspecified atom stereocenters. The van der Waals surface area contributed by atoms with Crippen LogP contribution >= 0.6 is 11.8 Å². The molecular formula is C20H21N3O2S. The van der Waals surface area contributed by atoms with Crippen LogP contribution in [-0.2, 0) is 22.4 Å². The summed E-state index contributed by atoms with van der Waals surface area (Å²) in [5.41, 5.74) is 2.68. The molecule has 1 aliphatic carbocycles. The first-order valence-electron chi connectivity index (χ1n) is 8.88. The highest BCUT2D eigenvalue weighted by Crippen LogP contribution is 2.28. The maximum atomic E-state index is 12.4. The lowest BCUT2D eigenvalue weighted by molar-refractivity contribution is -0.129. The molecule has 1 atom stereocenters. The predicted molar refractivity (Wildman–Crippen MR) is 101 cm³/mol. The van der Waals surface area contributed by atoms with E-state index in [1.165, 1.54) is 22.9 Å². The average Bonchev–Trinajstić information content (AvgIpc) is 3.23. The van der Waals surface area contributed by atoms with Gasteiger partial charge >= 0.3 is 0 Å². The van der Waals surface area contributed by atoms with Crippen LogP contribution in [0.4, 0.5) is 0 Å². The Bertz CT molecular complexity index is 787. The summed E-state index contributed by atoms with van der Waals surface area (Å²) in [6, 6.07) is 14.2. The Balaban J connectivity index is 1.29. The third-order valence-corrected chi connectivity index (χ3v) is 5.93. The van der Waals surface area contributed by atoms with Gasteiger partial charge in [0, 0.05) is 25.2 Å². The molecule has 2 aliphatic rings. The molecule has 0 saturated carbocycles. The largest absolute Gasteiger partial charge is 0.350 e. The quantitative estimate of drug-likeness (QED) is 0.822. The van der Waals surface area contributed by atoms with E-state index in [0.29, 0.717) is 18.7 Å². The lowest BCUT2D eigenvalue weighted by Crippen LogP contribution is -2.41. The van der Waals surface area contributed by atoms with Gasteiger partial charge in [0.2, 0.25) is 11.8 Å². The number of amides is 2. The van der Waals surface area contributed by atoms with E-state index >= 15 is 0 Å². The van der Waals surface area contributed by atoms with Gasteiger partial charge in [0.1, 0.15) is 0 Å². The Kier molecular flexibility index (Phi) is 4.93. The van der Waals surface area contributed by atoms with Crippen LogP contribution in [0.25, 0.3) is 0 Å². The van der Waals surface area contributed by atoms with E-state index in [4.69, 9.17) is 0 Å². The van der Waals surface area contributed by atoms with Crippen molar-refractivity contribution < 1.29 is 9.59 Å². The molecule has 2 amide bonds. The van der Waals surface area contributed by atoms with E-state index in [-0.39, 0.29) is 23.9 Å². The fraction of sp³-hybridized carbons (Fsp3) is 0.350. The number of pyridine rings is 1. The highest BCUT2D eigenvalue weighted by atomic mass is 32.2. The Morgan fingerprint density at radius 2 is 1.85 bits per heavy atom. The molecular weight excluding hydrogens is 346 g/mol. The zero-order chi connectivity index (χ0) is 17.9. The zero-order valence-corrected chi connectivity index (χ0v) is 15.2. The SMILES string of the molecule is O=C(CSc1ccccn1)N[C@@H]1CC(=O)N(C2Cc3ccccc3C2)C1. The minimum atomic E-state index is -0.0944. The second-order valence-electron chi connectivity index (χ2n) is 6.80. The lowest BCUT2D eigenvalue weighted by Gasteiger charge is -2.24. The predicted octanol–water partition coefficient (Wildman–Crippen LogP) is 2.06. The molecule has 1 saturated heterocycles. The van der Waals surface area contributed by atoms with Gasteiger partial charge in [-0.05, 0) is 36.1 Å². The van der Waals surface area contributed by atoms with Crippen LogP contribution in [0.2, 0.25) is 0 Å². The number of benzene rings is 1. The molecule has 2 heterocycles. The number of hydrogen-bond acceptors (Lipinski definition) is 4. The Labute approximate surface area is 157 Å². The van der Waals surface area contributed by atoms with Crippen LogP contribution in [-0.4, -0.2) is 46.1 Å². The summed E-state index contributed by atoms with van der Waals surface area (Å²) >= 11 is 1.41. The van der Waals surface area contributed by atoms with Crippen LogP contribution in [0.15, 0.2) is 53.7 Å². The molecule has 0 spiro atoms.